The number of piperidine rings is 1. The van der Waals surface area contributed by atoms with Crippen LogP contribution < -0.4 is 15.4 Å². The number of carbonyl (C=O) groups excluding carboxylic acids is 3. The van der Waals surface area contributed by atoms with Crippen LogP contribution in [0.4, 0.5) is 9.18 Å². The molecule has 3 heterocycles. The zero-order valence-corrected chi connectivity index (χ0v) is 18.2. The number of fused-ring (bicyclic) bond motifs is 2. The van der Waals surface area contributed by atoms with Gasteiger partial charge in [-0.05, 0) is 55.4 Å². The quantitative estimate of drug-likeness (QED) is 0.700. The van der Waals surface area contributed by atoms with Crippen LogP contribution in [0.2, 0.25) is 0 Å². The number of hydrogen-bond acceptors (Lipinski definition) is 4. The third-order valence-corrected chi connectivity index (χ3v) is 6.99. The van der Waals surface area contributed by atoms with Crippen molar-refractivity contribution in [1.82, 2.24) is 15.5 Å². The number of urea groups is 1. The smallest absolute Gasteiger partial charge is 0.322 e. The van der Waals surface area contributed by atoms with Gasteiger partial charge in [0.1, 0.15) is 11.6 Å². The predicted molar refractivity (Wildman–Crippen MR) is 118 cm³/mol. The fourth-order valence-corrected chi connectivity index (χ4v) is 5.15. The Labute approximate surface area is 191 Å². The predicted octanol–water partition coefficient (Wildman–Crippen LogP) is 2.88. The lowest BCUT2D eigenvalue weighted by Crippen LogP contribution is -2.55. The molecule has 33 heavy (non-hydrogen) atoms. The number of nitrogens with one attached hydrogen (secondary N) is 2. The molecule has 2 saturated heterocycles. The molecule has 2 fully saturated rings. The van der Waals surface area contributed by atoms with Crippen molar-refractivity contribution in [3.8, 4) is 5.75 Å². The number of halogens is 1. The zero-order chi connectivity index (χ0) is 23.0. The van der Waals surface area contributed by atoms with Gasteiger partial charge in [0, 0.05) is 25.1 Å². The highest BCUT2D eigenvalue weighted by Gasteiger charge is 2.55. The van der Waals surface area contributed by atoms with Crippen LogP contribution in [-0.4, -0.2) is 41.9 Å². The molecule has 8 heteroatoms. The highest BCUT2D eigenvalue weighted by atomic mass is 19.1. The summed E-state index contributed by atoms with van der Waals surface area (Å²) in [5.74, 6) is -0.569. The zero-order valence-electron chi connectivity index (χ0n) is 18.2. The average molecular weight is 451 g/mol. The Balaban J connectivity index is 1.26. The molecule has 2 unspecified atom stereocenters. The van der Waals surface area contributed by atoms with E-state index in [-0.39, 0.29) is 23.6 Å². The van der Waals surface area contributed by atoms with Crippen molar-refractivity contribution in [3.05, 3.63) is 65.5 Å². The molecule has 2 aromatic carbocycles. The molecule has 2 aromatic rings. The lowest BCUT2D eigenvalue weighted by atomic mass is 9.81. The van der Waals surface area contributed by atoms with Crippen LogP contribution in [0.5, 0.6) is 5.75 Å². The monoisotopic (exact) mass is 451 g/mol. The van der Waals surface area contributed by atoms with Gasteiger partial charge in [0.15, 0.2) is 11.6 Å². The number of amides is 4. The van der Waals surface area contributed by atoms with Gasteiger partial charge in [-0.3, -0.25) is 14.9 Å². The van der Waals surface area contributed by atoms with Gasteiger partial charge < -0.3 is 15.0 Å². The van der Waals surface area contributed by atoms with Gasteiger partial charge in [-0.1, -0.05) is 30.3 Å². The standard InChI is InChI=1S/C25H26FN3O4/c26-18-8-9-20-19(14-18)25(23(31)27-24(32)28-25)15-21(33-20)22(30)29-12-10-17(11-13-29)7-6-16-4-2-1-3-5-16/h1-5,8-9,14,17,21H,6-7,10-13,15H2,(H2,27,28,31,32). The van der Waals surface area contributed by atoms with E-state index in [9.17, 15) is 18.8 Å². The molecule has 2 atom stereocenters. The first-order valence-corrected chi connectivity index (χ1v) is 11.4. The molecule has 0 aromatic heterocycles. The number of benzene rings is 2. The summed E-state index contributed by atoms with van der Waals surface area (Å²) in [6.45, 7) is 1.25. The molecular formula is C25H26FN3O4. The minimum absolute atomic E-state index is 0.0756. The number of carbonyl (C=O) groups is 3. The summed E-state index contributed by atoms with van der Waals surface area (Å²) < 4.78 is 19.8. The minimum atomic E-state index is -1.51. The van der Waals surface area contributed by atoms with Crippen molar-refractivity contribution >= 4 is 17.8 Å². The van der Waals surface area contributed by atoms with Crippen LogP contribution in [0.1, 0.15) is 36.8 Å². The molecule has 172 valence electrons. The molecule has 7 nitrogen and oxygen atoms in total. The molecule has 0 aliphatic carbocycles. The van der Waals surface area contributed by atoms with E-state index >= 15 is 0 Å². The van der Waals surface area contributed by atoms with E-state index in [2.05, 4.69) is 22.8 Å². The molecule has 4 amide bonds. The summed E-state index contributed by atoms with van der Waals surface area (Å²) in [4.78, 5) is 39.7. The van der Waals surface area contributed by atoms with E-state index in [1.807, 2.05) is 18.2 Å². The lowest BCUT2D eigenvalue weighted by molar-refractivity contribution is -0.143. The van der Waals surface area contributed by atoms with Gasteiger partial charge in [0.2, 0.25) is 0 Å². The molecule has 5 rings (SSSR count). The van der Waals surface area contributed by atoms with Gasteiger partial charge in [-0.15, -0.1) is 0 Å². The summed E-state index contributed by atoms with van der Waals surface area (Å²) in [6, 6.07) is 13.5. The average Bonchev–Trinajstić information content (AvgIpc) is 3.11. The summed E-state index contributed by atoms with van der Waals surface area (Å²) in [6.07, 6.45) is 2.92. The number of likely N-dealkylation sites (tertiary alicyclic amines) is 1. The summed E-state index contributed by atoms with van der Waals surface area (Å²) >= 11 is 0. The summed E-state index contributed by atoms with van der Waals surface area (Å²) in [7, 11) is 0. The first kappa shape index (κ1) is 21.4. The van der Waals surface area contributed by atoms with Crippen molar-refractivity contribution in [2.45, 2.75) is 43.7 Å². The second kappa shape index (κ2) is 8.50. The van der Waals surface area contributed by atoms with Crippen molar-refractivity contribution in [2.24, 2.45) is 5.92 Å². The van der Waals surface area contributed by atoms with Gasteiger partial charge in [0.05, 0.1) is 0 Å². The topological polar surface area (TPSA) is 87.7 Å². The van der Waals surface area contributed by atoms with E-state index in [1.165, 1.54) is 23.8 Å². The number of imide groups is 1. The highest BCUT2D eigenvalue weighted by Crippen LogP contribution is 2.42. The summed E-state index contributed by atoms with van der Waals surface area (Å²) in [5.41, 5.74) is 0.0413. The van der Waals surface area contributed by atoms with E-state index in [4.69, 9.17) is 4.74 Å². The summed E-state index contributed by atoms with van der Waals surface area (Å²) in [5, 5.41) is 4.83. The Morgan fingerprint density at radius 1 is 1.12 bits per heavy atom. The van der Waals surface area contributed by atoms with Crippen molar-refractivity contribution in [1.29, 1.82) is 0 Å². The Kier molecular flexibility index (Phi) is 5.52. The van der Waals surface area contributed by atoms with Gasteiger partial charge >= 0.3 is 6.03 Å². The molecule has 0 saturated carbocycles. The molecule has 0 bridgehead atoms. The number of rotatable bonds is 4. The molecular weight excluding hydrogens is 425 g/mol. The Morgan fingerprint density at radius 3 is 2.58 bits per heavy atom. The minimum Gasteiger partial charge on any atom is -0.480 e. The van der Waals surface area contributed by atoms with E-state index in [0.717, 1.165) is 25.7 Å². The molecule has 2 N–H and O–H groups in total. The van der Waals surface area contributed by atoms with Crippen LogP contribution in [0.15, 0.2) is 48.5 Å². The Bertz CT molecular complexity index is 1080. The van der Waals surface area contributed by atoms with E-state index < -0.39 is 29.4 Å². The third-order valence-electron chi connectivity index (χ3n) is 6.99. The van der Waals surface area contributed by atoms with Crippen molar-refractivity contribution in [3.63, 3.8) is 0 Å². The molecule has 3 aliphatic heterocycles. The number of aryl methyl sites for hydroxylation is 1. The molecule has 3 aliphatic rings. The Morgan fingerprint density at radius 2 is 1.88 bits per heavy atom. The second-order valence-corrected chi connectivity index (χ2v) is 9.06. The van der Waals surface area contributed by atoms with Crippen molar-refractivity contribution < 1.29 is 23.5 Å². The third kappa shape index (κ3) is 4.05. The largest absolute Gasteiger partial charge is 0.480 e. The van der Waals surface area contributed by atoms with Crippen molar-refractivity contribution in [2.75, 3.05) is 13.1 Å². The maximum absolute atomic E-state index is 13.9. The van der Waals surface area contributed by atoms with Crippen LogP contribution in [0.25, 0.3) is 0 Å². The molecule has 1 spiro atoms. The Hall–Kier alpha value is -3.42. The normalized spacial score (nSPS) is 24.8. The van der Waals surface area contributed by atoms with Gasteiger partial charge in [-0.2, -0.15) is 0 Å². The first-order valence-electron chi connectivity index (χ1n) is 11.4. The van der Waals surface area contributed by atoms with Crippen LogP contribution in [0, 0.1) is 11.7 Å². The fourth-order valence-electron chi connectivity index (χ4n) is 5.15. The fraction of sp³-hybridized carbons (Fsp3) is 0.400. The van der Waals surface area contributed by atoms with Crippen LogP contribution in [0.3, 0.4) is 0 Å². The van der Waals surface area contributed by atoms with Gasteiger partial charge in [-0.25, -0.2) is 9.18 Å². The number of nitrogens with zero attached hydrogens (tertiary/aromatic N) is 1. The maximum Gasteiger partial charge on any atom is 0.322 e. The number of hydrogen-bond donors (Lipinski definition) is 2. The molecule has 0 radical (unpaired) electrons. The number of ether oxygens (including phenoxy) is 1. The second-order valence-electron chi connectivity index (χ2n) is 9.06. The maximum atomic E-state index is 13.9. The van der Waals surface area contributed by atoms with Crippen LogP contribution >= 0.6 is 0 Å². The van der Waals surface area contributed by atoms with Gasteiger partial charge in [0.25, 0.3) is 11.8 Å². The SMILES string of the molecule is O=C1NC(=O)C2(CC(C(=O)N3CCC(CCc4ccccc4)CC3)Oc3ccc(F)cc32)N1. The lowest BCUT2D eigenvalue weighted by Gasteiger charge is -2.40. The first-order chi connectivity index (χ1) is 15.9. The highest BCUT2D eigenvalue weighted by molar-refractivity contribution is 6.08. The van der Waals surface area contributed by atoms with E-state index in [0.29, 0.717) is 19.0 Å². The van der Waals surface area contributed by atoms with E-state index in [1.54, 1.807) is 4.90 Å². The van der Waals surface area contributed by atoms with Crippen LogP contribution in [-0.2, 0) is 21.5 Å².